The summed E-state index contributed by atoms with van der Waals surface area (Å²) in [6.45, 7) is 2.53. The van der Waals surface area contributed by atoms with Crippen LogP contribution in [0.3, 0.4) is 0 Å². The highest BCUT2D eigenvalue weighted by Gasteiger charge is 2.40. The molecule has 1 saturated carbocycles. The number of rotatable bonds is 7. The Morgan fingerprint density at radius 3 is 2.68 bits per heavy atom. The van der Waals surface area contributed by atoms with E-state index in [4.69, 9.17) is 4.98 Å². The fourth-order valence-corrected chi connectivity index (χ4v) is 7.03. The topological polar surface area (TPSA) is 87.2 Å². The Morgan fingerprint density at radius 2 is 1.89 bits per heavy atom. The number of fused-ring (bicyclic) bond motifs is 1. The van der Waals surface area contributed by atoms with Crippen LogP contribution in [0.2, 0.25) is 0 Å². The number of nitrogens with one attached hydrogen (secondary N) is 2. The molecule has 1 saturated heterocycles. The summed E-state index contributed by atoms with van der Waals surface area (Å²) in [5.41, 5.74) is 2.85. The van der Waals surface area contributed by atoms with E-state index in [2.05, 4.69) is 43.0 Å². The third-order valence-corrected chi connectivity index (χ3v) is 9.17. The summed E-state index contributed by atoms with van der Waals surface area (Å²) in [6, 6.07) is 9.19. The summed E-state index contributed by atoms with van der Waals surface area (Å²) < 4.78 is 0.773. The van der Waals surface area contributed by atoms with Gasteiger partial charge in [-0.15, -0.1) is 11.3 Å². The second kappa shape index (κ2) is 11.6. The normalized spacial score (nSPS) is 20.2. The lowest BCUT2D eigenvalue weighted by atomic mass is 9.83. The van der Waals surface area contributed by atoms with Gasteiger partial charge in [0.1, 0.15) is 15.7 Å². The third kappa shape index (κ3) is 5.59. The maximum Gasteiger partial charge on any atom is 0.246 e. The van der Waals surface area contributed by atoms with Crippen LogP contribution in [0.5, 0.6) is 0 Å². The van der Waals surface area contributed by atoms with Crippen molar-refractivity contribution in [3.8, 4) is 11.3 Å². The number of para-hydroxylation sites is 1. The molecule has 1 aliphatic heterocycles. The molecule has 3 atom stereocenters. The summed E-state index contributed by atoms with van der Waals surface area (Å²) in [7, 11) is 1.77. The number of hydrogen-bond donors (Lipinski definition) is 2. The zero-order valence-electron chi connectivity index (χ0n) is 21.4. The molecule has 7 nitrogen and oxygen atoms in total. The minimum Gasteiger partial charge on any atom is -0.343 e. The van der Waals surface area contributed by atoms with Crippen LogP contribution in [-0.2, 0) is 9.59 Å². The molecule has 9 heteroatoms. The first-order valence-electron chi connectivity index (χ1n) is 13.3. The second-order valence-corrected chi connectivity index (χ2v) is 11.9. The lowest BCUT2D eigenvalue weighted by Crippen LogP contribution is -2.55. The first-order valence-corrected chi connectivity index (χ1v) is 14.9. The first kappa shape index (κ1) is 26.3. The van der Waals surface area contributed by atoms with E-state index in [0.717, 1.165) is 70.3 Å². The molecular weight excluding hydrogens is 550 g/mol. The number of amides is 2. The van der Waals surface area contributed by atoms with Crippen molar-refractivity contribution >= 4 is 50.0 Å². The molecule has 2 aromatic heterocycles. The van der Waals surface area contributed by atoms with Crippen LogP contribution in [0, 0.1) is 5.92 Å². The van der Waals surface area contributed by atoms with Gasteiger partial charge in [0, 0.05) is 22.9 Å². The average Bonchev–Trinajstić information content (AvgIpc) is 3.61. The number of likely N-dealkylation sites (tertiary alicyclic amines) is 1. The average molecular weight is 585 g/mol. The van der Waals surface area contributed by atoms with Gasteiger partial charge < -0.3 is 15.5 Å². The molecule has 2 fully saturated rings. The predicted octanol–water partition coefficient (Wildman–Crippen LogP) is 5.46. The Bertz CT molecular complexity index is 1270. The SMILES string of the molecule is CN[C@@H](C)C(=O)N[C@H](C(=O)N1CCC[C@H]1c1nc(-c2cc(Br)nc3ccccc23)cs1)C1CCCCC1. The van der Waals surface area contributed by atoms with E-state index in [9.17, 15) is 9.59 Å². The van der Waals surface area contributed by atoms with Gasteiger partial charge in [0.15, 0.2) is 0 Å². The molecule has 0 radical (unpaired) electrons. The van der Waals surface area contributed by atoms with Crippen molar-refractivity contribution in [2.24, 2.45) is 5.92 Å². The molecule has 0 unspecified atom stereocenters. The van der Waals surface area contributed by atoms with Crippen molar-refractivity contribution in [3.05, 3.63) is 45.3 Å². The number of likely N-dealkylation sites (N-methyl/N-ethyl adjacent to an activating group) is 1. The van der Waals surface area contributed by atoms with Gasteiger partial charge >= 0.3 is 0 Å². The van der Waals surface area contributed by atoms with Gasteiger partial charge in [-0.1, -0.05) is 37.5 Å². The molecule has 5 rings (SSSR count). The van der Waals surface area contributed by atoms with Crippen LogP contribution < -0.4 is 10.6 Å². The van der Waals surface area contributed by atoms with E-state index < -0.39 is 6.04 Å². The maximum absolute atomic E-state index is 14.0. The number of benzene rings is 1. The Hall–Kier alpha value is -2.36. The number of pyridine rings is 1. The molecule has 1 aliphatic carbocycles. The highest BCUT2D eigenvalue weighted by atomic mass is 79.9. The molecule has 0 bridgehead atoms. The van der Waals surface area contributed by atoms with Crippen LogP contribution in [0.4, 0.5) is 0 Å². The van der Waals surface area contributed by atoms with Crippen LogP contribution in [-0.4, -0.2) is 52.4 Å². The summed E-state index contributed by atoms with van der Waals surface area (Å²) in [5.74, 6) is 0.108. The zero-order valence-corrected chi connectivity index (χ0v) is 23.8. The summed E-state index contributed by atoms with van der Waals surface area (Å²) >= 11 is 5.15. The van der Waals surface area contributed by atoms with E-state index in [-0.39, 0.29) is 29.8 Å². The number of thiazole rings is 1. The minimum atomic E-state index is -0.483. The van der Waals surface area contributed by atoms with Gasteiger partial charge in [0.25, 0.3) is 0 Å². The standard InChI is InChI=1S/C28H34BrN5O2S/c1-17(30-2)26(35)33-25(18-9-4-3-5-10-18)28(36)34-14-8-13-23(34)27-32-22(16-37-27)20-15-24(29)31-21-12-7-6-11-19(20)21/h6-7,11-12,15-18,23,25,30H,3-5,8-10,13-14H2,1-2H3,(H,33,35)/t17-,23-,25-/m0/s1. The Balaban J connectivity index is 1.41. The summed E-state index contributed by atoms with van der Waals surface area (Å²) in [4.78, 5) is 38.5. The molecule has 3 heterocycles. The number of nitrogens with zero attached hydrogens (tertiary/aromatic N) is 3. The predicted molar refractivity (Wildman–Crippen MR) is 151 cm³/mol. The lowest BCUT2D eigenvalue weighted by molar-refractivity contribution is -0.139. The van der Waals surface area contributed by atoms with E-state index in [1.807, 2.05) is 36.1 Å². The monoisotopic (exact) mass is 583 g/mol. The molecule has 196 valence electrons. The van der Waals surface area contributed by atoms with Gasteiger partial charge in [0.05, 0.1) is 23.3 Å². The van der Waals surface area contributed by atoms with Gasteiger partial charge in [-0.2, -0.15) is 0 Å². The molecule has 0 spiro atoms. The van der Waals surface area contributed by atoms with Crippen molar-refractivity contribution in [2.75, 3.05) is 13.6 Å². The fraction of sp³-hybridized carbons (Fsp3) is 0.500. The number of carbonyl (C=O) groups is 2. The van der Waals surface area contributed by atoms with Gasteiger partial charge in [-0.05, 0) is 73.6 Å². The van der Waals surface area contributed by atoms with Crippen molar-refractivity contribution in [2.45, 2.75) is 70.0 Å². The Morgan fingerprint density at radius 1 is 1.11 bits per heavy atom. The Labute approximate surface area is 230 Å². The van der Waals surface area contributed by atoms with Crippen LogP contribution in [0.15, 0.2) is 40.3 Å². The molecule has 3 aromatic rings. The number of aromatic nitrogens is 2. The fourth-order valence-electron chi connectivity index (χ4n) is 5.64. The van der Waals surface area contributed by atoms with E-state index in [1.165, 1.54) is 6.42 Å². The molecule has 2 aliphatic rings. The van der Waals surface area contributed by atoms with Crippen molar-refractivity contribution in [1.82, 2.24) is 25.5 Å². The Kier molecular flexibility index (Phi) is 8.21. The van der Waals surface area contributed by atoms with Crippen molar-refractivity contribution < 1.29 is 9.59 Å². The second-order valence-electron chi connectivity index (χ2n) is 10.2. The maximum atomic E-state index is 14.0. The van der Waals surface area contributed by atoms with Crippen molar-refractivity contribution in [1.29, 1.82) is 0 Å². The molecule has 2 amide bonds. The van der Waals surface area contributed by atoms with Crippen molar-refractivity contribution in [3.63, 3.8) is 0 Å². The van der Waals surface area contributed by atoms with E-state index >= 15 is 0 Å². The summed E-state index contributed by atoms with van der Waals surface area (Å²) in [5, 5.41) is 10.2. The highest BCUT2D eigenvalue weighted by molar-refractivity contribution is 9.10. The quantitative estimate of drug-likeness (QED) is 0.361. The third-order valence-electron chi connectivity index (χ3n) is 7.82. The molecule has 37 heavy (non-hydrogen) atoms. The van der Waals surface area contributed by atoms with Crippen LogP contribution >= 0.6 is 27.3 Å². The first-order chi connectivity index (χ1) is 18.0. The highest BCUT2D eigenvalue weighted by Crippen LogP contribution is 2.39. The van der Waals surface area contributed by atoms with E-state index in [0.29, 0.717) is 6.54 Å². The van der Waals surface area contributed by atoms with Crippen LogP contribution in [0.1, 0.15) is 62.9 Å². The number of carbonyl (C=O) groups excluding carboxylic acids is 2. The number of hydrogen-bond acceptors (Lipinski definition) is 6. The van der Waals surface area contributed by atoms with Crippen LogP contribution in [0.25, 0.3) is 22.2 Å². The number of halogens is 1. The molecular formula is C28H34BrN5O2S. The molecule has 1 aromatic carbocycles. The molecule has 2 N–H and O–H groups in total. The van der Waals surface area contributed by atoms with E-state index in [1.54, 1.807) is 18.4 Å². The smallest absolute Gasteiger partial charge is 0.246 e. The largest absolute Gasteiger partial charge is 0.343 e. The van der Waals surface area contributed by atoms with Gasteiger partial charge in [-0.25, -0.2) is 9.97 Å². The summed E-state index contributed by atoms with van der Waals surface area (Å²) in [6.07, 6.45) is 7.21. The van der Waals surface area contributed by atoms with Gasteiger partial charge in [0.2, 0.25) is 11.8 Å². The van der Waals surface area contributed by atoms with Gasteiger partial charge in [-0.3, -0.25) is 9.59 Å². The lowest BCUT2D eigenvalue weighted by Gasteiger charge is -2.35. The zero-order chi connectivity index (χ0) is 25.9. The minimum absolute atomic E-state index is 0.0416.